The zero-order valence-electron chi connectivity index (χ0n) is 11.0. The van der Waals surface area contributed by atoms with Crippen molar-refractivity contribution in [3.8, 4) is 0 Å². The minimum atomic E-state index is -0.0426. The van der Waals surface area contributed by atoms with Crippen molar-refractivity contribution in [2.75, 3.05) is 12.3 Å². The highest BCUT2D eigenvalue weighted by atomic mass is 16.4. The molecule has 1 aliphatic carbocycles. The van der Waals surface area contributed by atoms with Crippen molar-refractivity contribution in [1.82, 2.24) is 15.5 Å². The normalized spacial score (nSPS) is 16.9. The summed E-state index contributed by atoms with van der Waals surface area (Å²) < 4.78 is 5.05. The largest absolute Gasteiger partial charge is 0.408 e. The first kappa shape index (κ1) is 12.7. The summed E-state index contributed by atoms with van der Waals surface area (Å²) in [6, 6.07) is 8.16. The predicted octanol–water partition coefficient (Wildman–Crippen LogP) is 1.04. The van der Waals surface area contributed by atoms with E-state index in [1.165, 1.54) is 5.56 Å². The van der Waals surface area contributed by atoms with Gasteiger partial charge in [-0.15, -0.1) is 5.10 Å². The molecule has 0 fully saturated rings. The van der Waals surface area contributed by atoms with E-state index in [1.807, 2.05) is 18.2 Å². The average Bonchev–Trinajstić information content (AvgIpc) is 3.05. The zero-order valence-corrected chi connectivity index (χ0v) is 11.0. The van der Waals surface area contributed by atoms with Crippen LogP contribution >= 0.6 is 0 Å². The molecule has 0 saturated heterocycles. The SMILES string of the molecule is Nc1nnc(CCNC(=O)C2CCc3ccccc32)o1. The molecule has 20 heavy (non-hydrogen) atoms. The van der Waals surface area contributed by atoms with Crippen molar-refractivity contribution in [3.05, 3.63) is 41.3 Å². The first-order chi connectivity index (χ1) is 9.74. The number of nitrogens with one attached hydrogen (secondary N) is 1. The zero-order chi connectivity index (χ0) is 13.9. The van der Waals surface area contributed by atoms with E-state index in [0.717, 1.165) is 18.4 Å². The Morgan fingerprint density at radius 3 is 3.05 bits per heavy atom. The van der Waals surface area contributed by atoms with E-state index in [-0.39, 0.29) is 17.8 Å². The molecule has 0 bridgehead atoms. The quantitative estimate of drug-likeness (QED) is 0.867. The van der Waals surface area contributed by atoms with Gasteiger partial charge in [-0.05, 0) is 24.0 Å². The summed E-state index contributed by atoms with van der Waals surface area (Å²) in [6.45, 7) is 0.471. The number of nitrogens with zero attached hydrogens (tertiary/aromatic N) is 2. The second kappa shape index (κ2) is 5.32. The number of aromatic nitrogens is 2. The van der Waals surface area contributed by atoms with Gasteiger partial charge in [-0.2, -0.15) is 0 Å². The standard InChI is InChI=1S/C14H16N4O2/c15-14-18-17-12(20-14)7-8-16-13(19)11-6-5-9-3-1-2-4-10(9)11/h1-4,11H,5-8H2,(H2,15,18)(H,16,19). The minimum Gasteiger partial charge on any atom is -0.408 e. The van der Waals surface area contributed by atoms with Gasteiger partial charge in [0.2, 0.25) is 11.8 Å². The summed E-state index contributed by atoms with van der Waals surface area (Å²) in [4.78, 5) is 12.2. The van der Waals surface area contributed by atoms with E-state index in [4.69, 9.17) is 10.2 Å². The van der Waals surface area contributed by atoms with Gasteiger partial charge in [0.25, 0.3) is 0 Å². The summed E-state index contributed by atoms with van der Waals surface area (Å²) in [5.74, 6) is 0.455. The number of carbonyl (C=O) groups excluding carboxylic acids is 1. The first-order valence-electron chi connectivity index (χ1n) is 6.67. The van der Waals surface area contributed by atoms with Gasteiger partial charge in [0.05, 0.1) is 5.92 Å². The van der Waals surface area contributed by atoms with Gasteiger partial charge in [0.1, 0.15) is 0 Å². The lowest BCUT2D eigenvalue weighted by atomic mass is 10.0. The van der Waals surface area contributed by atoms with Gasteiger partial charge >= 0.3 is 6.01 Å². The average molecular weight is 272 g/mol. The number of aryl methyl sites for hydroxylation is 1. The molecular formula is C14H16N4O2. The number of hydrogen-bond donors (Lipinski definition) is 2. The molecule has 104 valence electrons. The Kier molecular flexibility index (Phi) is 3.37. The molecular weight excluding hydrogens is 256 g/mol. The lowest BCUT2D eigenvalue weighted by Crippen LogP contribution is -2.30. The fraction of sp³-hybridized carbons (Fsp3) is 0.357. The van der Waals surface area contributed by atoms with Crippen molar-refractivity contribution in [2.24, 2.45) is 0 Å². The number of nitrogens with two attached hydrogens (primary N) is 1. The number of hydrogen-bond acceptors (Lipinski definition) is 5. The first-order valence-corrected chi connectivity index (χ1v) is 6.67. The summed E-state index contributed by atoms with van der Waals surface area (Å²) in [6.07, 6.45) is 2.33. The topological polar surface area (TPSA) is 94.0 Å². The number of amides is 1. The maximum Gasteiger partial charge on any atom is 0.312 e. The Morgan fingerprint density at radius 2 is 2.25 bits per heavy atom. The molecule has 1 amide bonds. The van der Waals surface area contributed by atoms with Crippen LogP contribution in [0.15, 0.2) is 28.7 Å². The third-order valence-corrected chi connectivity index (χ3v) is 3.57. The summed E-state index contributed by atoms with van der Waals surface area (Å²) >= 11 is 0. The van der Waals surface area contributed by atoms with Gasteiger partial charge in [-0.3, -0.25) is 4.79 Å². The molecule has 0 radical (unpaired) electrons. The molecule has 0 spiro atoms. The Labute approximate surface area is 116 Å². The van der Waals surface area contributed by atoms with Crippen LogP contribution in [0.2, 0.25) is 0 Å². The molecule has 6 nitrogen and oxygen atoms in total. The molecule has 3 rings (SSSR count). The molecule has 0 saturated carbocycles. The van der Waals surface area contributed by atoms with Gasteiger partial charge in [-0.1, -0.05) is 29.4 Å². The van der Waals surface area contributed by atoms with Gasteiger partial charge in [-0.25, -0.2) is 0 Å². The van der Waals surface area contributed by atoms with Gasteiger partial charge in [0.15, 0.2) is 0 Å². The van der Waals surface area contributed by atoms with Crippen molar-refractivity contribution in [1.29, 1.82) is 0 Å². The summed E-state index contributed by atoms with van der Waals surface area (Å²) in [7, 11) is 0. The van der Waals surface area contributed by atoms with Crippen LogP contribution in [0.1, 0.15) is 29.4 Å². The van der Waals surface area contributed by atoms with Crippen molar-refractivity contribution < 1.29 is 9.21 Å². The Hall–Kier alpha value is -2.37. The summed E-state index contributed by atoms with van der Waals surface area (Å²) in [5.41, 5.74) is 7.76. The van der Waals surface area contributed by atoms with Crippen LogP contribution in [0.3, 0.4) is 0 Å². The van der Waals surface area contributed by atoms with E-state index in [9.17, 15) is 4.79 Å². The minimum absolute atomic E-state index is 0.0426. The van der Waals surface area contributed by atoms with E-state index in [2.05, 4.69) is 21.6 Å². The fourth-order valence-corrected chi connectivity index (χ4v) is 2.61. The second-order valence-corrected chi connectivity index (χ2v) is 4.87. The molecule has 1 atom stereocenters. The number of carbonyl (C=O) groups is 1. The van der Waals surface area contributed by atoms with Gasteiger partial charge < -0.3 is 15.5 Å². The van der Waals surface area contributed by atoms with E-state index in [0.29, 0.717) is 18.9 Å². The molecule has 0 aliphatic heterocycles. The lowest BCUT2D eigenvalue weighted by Gasteiger charge is -2.11. The highest BCUT2D eigenvalue weighted by Gasteiger charge is 2.27. The number of benzene rings is 1. The van der Waals surface area contributed by atoms with Crippen LogP contribution in [-0.4, -0.2) is 22.6 Å². The molecule has 1 unspecified atom stereocenters. The molecule has 6 heteroatoms. The molecule has 1 aliphatic rings. The Morgan fingerprint density at radius 1 is 1.40 bits per heavy atom. The number of nitrogen functional groups attached to an aromatic ring is 1. The monoisotopic (exact) mass is 272 g/mol. The van der Waals surface area contributed by atoms with Crippen LogP contribution in [-0.2, 0) is 17.6 Å². The highest BCUT2D eigenvalue weighted by molar-refractivity contribution is 5.84. The molecule has 3 N–H and O–H groups in total. The second-order valence-electron chi connectivity index (χ2n) is 4.87. The van der Waals surface area contributed by atoms with Crippen LogP contribution in [0.25, 0.3) is 0 Å². The van der Waals surface area contributed by atoms with Gasteiger partial charge in [0, 0.05) is 13.0 Å². The summed E-state index contributed by atoms with van der Waals surface area (Å²) in [5, 5.41) is 10.2. The maximum atomic E-state index is 12.2. The number of rotatable bonds is 4. The van der Waals surface area contributed by atoms with Crippen LogP contribution < -0.4 is 11.1 Å². The van der Waals surface area contributed by atoms with Crippen molar-refractivity contribution in [2.45, 2.75) is 25.2 Å². The van der Waals surface area contributed by atoms with Crippen LogP contribution in [0.5, 0.6) is 0 Å². The smallest absolute Gasteiger partial charge is 0.312 e. The third kappa shape index (κ3) is 2.49. The van der Waals surface area contributed by atoms with Crippen molar-refractivity contribution in [3.63, 3.8) is 0 Å². The maximum absolute atomic E-state index is 12.2. The Balaban J connectivity index is 1.55. The predicted molar refractivity (Wildman–Crippen MR) is 72.9 cm³/mol. The van der Waals surface area contributed by atoms with Crippen LogP contribution in [0, 0.1) is 0 Å². The van der Waals surface area contributed by atoms with E-state index < -0.39 is 0 Å². The molecule has 1 aromatic carbocycles. The van der Waals surface area contributed by atoms with E-state index >= 15 is 0 Å². The molecule has 2 aromatic rings. The molecule has 1 heterocycles. The third-order valence-electron chi connectivity index (χ3n) is 3.57. The lowest BCUT2D eigenvalue weighted by molar-refractivity contribution is -0.122. The van der Waals surface area contributed by atoms with E-state index in [1.54, 1.807) is 0 Å². The van der Waals surface area contributed by atoms with Crippen molar-refractivity contribution >= 4 is 11.9 Å². The highest BCUT2D eigenvalue weighted by Crippen LogP contribution is 2.32. The Bertz CT molecular complexity index is 623. The number of fused-ring (bicyclic) bond motifs is 1. The fourth-order valence-electron chi connectivity index (χ4n) is 2.61. The molecule has 1 aromatic heterocycles. The number of anilines is 1. The van der Waals surface area contributed by atoms with Crippen LogP contribution in [0.4, 0.5) is 6.01 Å².